The summed E-state index contributed by atoms with van der Waals surface area (Å²) in [6.07, 6.45) is 0.273. The molecule has 1 atom stereocenters. The number of amides is 1. The summed E-state index contributed by atoms with van der Waals surface area (Å²) in [6.45, 7) is 0.852. The summed E-state index contributed by atoms with van der Waals surface area (Å²) in [5.74, 6) is 1.20. The first-order chi connectivity index (χ1) is 14.1. The van der Waals surface area contributed by atoms with Gasteiger partial charge < -0.3 is 18.9 Å². The number of ether oxygens (including phenoxy) is 2. The lowest BCUT2D eigenvalue weighted by Gasteiger charge is -2.18. The van der Waals surface area contributed by atoms with Crippen molar-refractivity contribution in [3.8, 4) is 23.0 Å². The number of likely N-dealkylation sites (tertiary alicyclic amines) is 1. The Morgan fingerprint density at radius 2 is 2.03 bits per heavy atom. The third-order valence-electron chi connectivity index (χ3n) is 4.98. The number of nitrogens with zero attached hydrogens (tertiary/aromatic N) is 3. The Kier molecular flexibility index (Phi) is 5.16. The van der Waals surface area contributed by atoms with Gasteiger partial charge in [-0.05, 0) is 24.3 Å². The van der Waals surface area contributed by atoms with Gasteiger partial charge in [-0.15, -0.1) is 0 Å². The minimum atomic E-state index is -0.432. The summed E-state index contributed by atoms with van der Waals surface area (Å²) >= 11 is 0. The van der Waals surface area contributed by atoms with Crippen LogP contribution >= 0.6 is 0 Å². The number of aromatic nitrogens is 2. The zero-order valence-electron chi connectivity index (χ0n) is 16.1. The fraction of sp³-hybridized carbons (Fsp3) is 0.286. The van der Waals surface area contributed by atoms with Gasteiger partial charge in [-0.3, -0.25) is 4.79 Å². The summed E-state index contributed by atoms with van der Waals surface area (Å²) in [4.78, 5) is 18.6. The smallest absolute Gasteiger partial charge is 0.260 e. The van der Waals surface area contributed by atoms with Crippen molar-refractivity contribution in [2.24, 2.45) is 0 Å². The van der Waals surface area contributed by atoms with Crippen molar-refractivity contribution >= 4 is 5.91 Å². The molecule has 7 nitrogen and oxygen atoms in total. The van der Waals surface area contributed by atoms with Crippen molar-refractivity contribution in [1.29, 1.82) is 0 Å². The van der Waals surface area contributed by atoms with Gasteiger partial charge in [0.1, 0.15) is 17.3 Å². The van der Waals surface area contributed by atoms with Gasteiger partial charge in [0.15, 0.2) is 5.82 Å². The van der Waals surface area contributed by atoms with E-state index in [2.05, 4.69) is 10.1 Å². The highest BCUT2D eigenvalue weighted by molar-refractivity contribution is 5.79. The van der Waals surface area contributed by atoms with Crippen molar-refractivity contribution in [2.75, 3.05) is 20.8 Å². The van der Waals surface area contributed by atoms with E-state index in [1.165, 1.54) is 6.07 Å². The fourth-order valence-electron chi connectivity index (χ4n) is 3.43. The lowest BCUT2D eigenvalue weighted by molar-refractivity contribution is -0.128. The number of rotatable bonds is 6. The summed E-state index contributed by atoms with van der Waals surface area (Å²) in [6, 6.07) is 11.7. The normalized spacial score (nSPS) is 16.3. The van der Waals surface area contributed by atoms with Crippen LogP contribution in [0.1, 0.15) is 23.7 Å². The Morgan fingerprint density at radius 3 is 2.79 bits per heavy atom. The van der Waals surface area contributed by atoms with Gasteiger partial charge >= 0.3 is 0 Å². The van der Waals surface area contributed by atoms with Crippen LogP contribution in [0.5, 0.6) is 11.5 Å². The molecule has 1 saturated heterocycles. The summed E-state index contributed by atoms with van der Waals surface area (Å²) in [5, 5.41) is 3.98. The first-order valence-corrected chi connectivity index (χ1v) is 9.16. The molecule has 1 aliphatic rings. The van der Waals surface area contributed by atoms with Crippen LogP contribution in [-0.4, -0.2) is 41.7 Å². The largest absolute Gasteiger partial charge is 0.497 e. The molecule has 8 heteroatoms. The SMILES string of the molecule is COc1ccc(CN2CC(c3noc(-c4ccccc4F)n3)CC2=O)c(OC)c1. The van der Waals surface area contributed by atoms with Crippen molar-refractivity contribution in [3.05, 3.63) is 59.7 Å². The predicted molar refractivity (Wildman–Crippen MR) is 102 cm³/mol. The molecule has 3 aromatic rings. The molecule has 2 heterocycles. The van der Waals surface area contributed by atoms with Gasteiger partial charge in [-0.25, -0.2) is 4.39 Å². The zero-order valence-corrected chi connectivity index (χ0v) is 16.1. The standard InChI is InChI=1S/C21H20FN3O4/c1-27-15-8-7-13(18(10-15)28-2)11-25-12-14(9-19(25)26)20-23-21(29-24-20)16-5-3-4-6-17(16)22/h3-8,10,14H,9,11-12H2,1-2H3. The monoisotopic (exact) mass is 397 g/mol. The van der Waals surface area contributed by atoms with E-state index in [1.807, 2.05) is 12.1 Å². The van der Waals surface area contributed by atoms with Crippen LogP contribution in [0.3, 0.4) is 0 Å². The molecule has 2 aromatic carbocycles. The molecule has 0 spiro atoms. The minimum absolute atomic E-state index is 0.00915. The molecule has 1 amide bonds. The maximum atomic E-state index is 13.9. The zero-order chi connectivity index (χ0) is 20.4. The van der Waals surface area contributed by atoms with Gasteiger partial charge in [0.2, 0.25) is 5.91 Å². The fourth-order valence-corrected chi connectivity index (χ4v) is 3.43. The van der Waals surface area contributed by atoms with Crippen molar-refractivity contribution in [3.63, 3.8) is 0 Å². The average Bonchev–Trinajstić information content (AvgIpc) is 3.36. The van der Waals surface area contributed by atoms with E-state index < -0.39 is 5.82 Å². The summed E-state index contributed by atoms with van der Waals surface area (Å²) < 4.78 is 29.8. The highest BCUT2D eigenvalue weighted by Gasteiger charge is 2.34. The molecule has 0 saturated carbocycles. The predicted octanol–water partition coefficient (Wildman–Crippen LogP) is 3.41. The molecule has 0 aliphatic carbocycles. The molecule has 1 aromatic heterocycles. The summed E-state index contributed by atoms with van der Waals surface area (Å²) in [7, 11) is 3.17. The third kappa shape index (κ3) is 3.78. The Morgan fingerprint density at radius 1 is 1.21 bits per heavy atom. The van der Waals surface area contributed by atoms with E-state index in [9.17, 15) is 9.18 Å². The number of carbonyl (C=O) groups excluding carboxylic acids is 1. The van der Waals surface area contributed by atoms with Crippen LogP contribution in [-0.2, 0) is 11.3 Å². The molecule has 1 fully saturated rings. The average molecular weight is 397 g/mol. The highest BCUT2D eigenvalue weighted by atomic mass is 19.1. The second kappa shape index (κ2) is 7.90. The quantitative estimate of drug-likeness (QED) is 0.634. The number of methoxy groups -OCH3 is 2. The van der Waals surface area contributed by atoms with Crippen LogP contribution in [0.2, 0.25) is 0 Å². The molecular weight excluding hydrogens is 377 g/mol. The van der Waals surface area contributed by atoms with Gasteiger partial charge in [-0.2, -0.15) is 4.98 Å². The first kappa shape index (κ1) is 18.9. The molecule has 150 valence electrons. The number of halogens is 1. The number of benzene rings is 2. The third-order valence-corrected chi connectivity index (χ3v) is 4.98. The molecular formula is C21H20FN3O4. The van der Waals surface area contributed by atoms with Crippen molar-refractivity contribution in [2.45, 2.75) is 18.9 Å². The van der Waals surface area contributed by atoms with Crippen molar-refractivity contribution < 1.29 is 23.2 Å². The van der Waals surface area contributed by atoms with E-state index in [-0.39, 0.29) is 29.7 Å². The topological polar surface area (TPSA) is 77.7 Å². The number of hydrogen-bond donors (Lipinski definition) is 0. The van der Waals surface area contributed by atoms with Crippen LogP contribution in [0.4, 0.5) is 4.39 Å². The van der Waals surface area contributed by atoms with Crippen LogP contribution in [0, 0.1) is 5.82 Å². The minimum Gasteiger partial charge on any atom is -0.497 e. The van der Waals surface area contributed by atoms with E-state index in [4.69, 9.17) is 14.0 Å². The second-order valence-corrected chi connectivity index (χ2v) is 6.79. The lowest BCUT2D eigenvalue weighted by Crippen LogP contribution is -2.24. The molecule has 29 heavy (non-hydrogen) atoms. The van der Waals surface area contributed by atoms with Gasteiger partial charge in [0.25, 0.3) is 5.89 Å². The van der Waals surface area contributed by atoms with E-state index in [0.29, 0.717) is 30.4 Å². The maximum absolute atomic E-state index is 13.9. The molecule has 0 radical (unpaired) electrons. The van der Waals surface area contributed by atoms with E-state index >= 15 is 0 Å². The van der Waals surface area contributed by atoms with Crippen LogP contribution < -0.4 is 9.47 Å². The van der Waals surface area contributed by atoms with E-state index in [1.54, 1.807) is 43.4 Å². The molecule has 4 rings (SSSR count). The molecule has 0 bridgehead atoms. The molecule has 1 aliphatic heterocycles. The maximum Gasteiger partial charge on any atom is 0.260 e. The second-order valence-electron chi connectivity index (χ2n) is 6.79. The highest BCUT2D eigenvalue weighted by Crippen LogP contribution is 2.32. The molecule has 0 N–H and O–H groups in total. The number of hydrogen-bond acceptors (Lipinski definition) is 6. The number of carbonyl (C=O) groups is 1. The van der Waals surface area contributed by atoms with E-state index in [0.717, 1.165) is 5.56 Å². The van der Waals surface area contributed by atoms with Gasteiger partial charge in [0.05, 0.1) is 19.8 Å². The van der Waals surface area contributed by atoms with Gasteiger partial charge in [-0.1, -0.05) is 17.3 Å². The van der Waals surface area contributed by atoms with Crippen molar-refractivity contribution in [1.82, 2.24) is 15.0 Å². The van der Waals surface area contributed by atoms with Gasteiger partial charge in [0, 0.05) is 37.1 Å². The summed E-state index contributed by atoms with van der Waals surface area (Å²) in [5.41, 5.74) is 1.12. The van der Waals surface area contributed by atoms with Crippen LogP contribution in [0.15, 0.2) is 47.0 Å². The Balaban J connectivity index is 1.50. The molecule has 1 unspecified atom stereocenters. The Hall–Kier alpha value is -3.42. The van der Waals surface area contributed by atoms with Crippen LogP contribution in [0.25, 0.3) is 11.5 Å². The first-order valence-electron chi connectivity index (χ1n) is 9.16. The Labute approximate surface area is 167 Å². The lowest BCUT2D eigenvalue weighted by atomic mass is 10.1. The Bertz CT molecular complexity index is 1040.